The molecular formula is C27H27FN2O6. The Labute approximate surface area is 207 Å². The van der Waals surface area contributed by atoms with Crippen LogP contribution in [0, 0.1) is 18.7 Å². The summed E-state index contributed by atoms with van der Waals surface area (Å²) in [6.45, 7) is 6.35. The minimum absolute atomic E-state index is 0.119. The van der Waals surface area contributed by atoms with Gasteiger partial charge in [0.05, 0.1) is 25.3 Å². The van der Waals surface area contributed by atoms with Crippen LogP contribution >= 0.6 is 0 Å². The van der Waals surface area contributed by atoms with Gasteiger partial charge in [-0.2, -0.15) is 0 Å². The lowest BCUT2D eigenvalue weighted by Crippen LogP contribution is -2.29. The largest absolute Gasteiger partial charge is 0.507 e. The molecule has 8 nitrogen and oxygen atoms in total. The molecule has 1 fully saturated rings. The molecule has 1 N–H and O–H groups in total. The van der Waals surface area contributed by atoms with Gasteiger partial charge in [-0.25, -0.2) is 4.39 Å². The third-order valence-corrected chi connectivity index (χ3v) is 5.88. The number of aryl methyl sites for hydroxylation is 1. The number of anilines is 1. The molecule has 3 aromatic rings. The molecule has 0 unspecified atom stereocenters. The fraction of sp³-hybridized carbons (Fsp3) is 0.296. The first-order valence-corrected chi connectivity index (χ1v) is 11.5. The molecule has 0 aliphatic carbocycles. The minimum atomic E-state index is -1.04. The molecule has 4 rings (SSSR count). The van der Waals surface area contributed by atoms with Gasteiger partial charge in [0.15, 0.2) is 17.3 Å². The van der Waals surface area contributed by atoms with Gasteiger partial charge in [0, 0.05) is 11.6 Å². The van der Waals surface area contributed by atoms with Crippen molar-refractivity contribution in [2.75, 3.05) is 18.6 Å². The third kappa shape index (κ3) is 4.82. The number of rotatable bonds is 8. The maximum Gasteiger partial charge on any atom is 0.301 e. The Hall–Kier alpha value is -4.14. The number of carbonyl (C=O) groups excluding carboxylic acids is 2. The van der Waals surface area contributed by atoms with E-state index in [1.54, 1.807) is 25.1 Å². The third-order valence-electron chi connectivity index (χ3n) is 5.88. The number of halogens is 1. The van der Waals surface area contributed by atoms with Crippen molar-refractivity contribution in [3.63, 3.8) is 0 Å². The molecule has 36 heavy (non-hydrogen) atoms. The smallest absolute Gasteiger partial charge is 0.301 e. The van der Waals surface area contributed by atoms with Gasteiger partial charge >= 0.3 is 5.91 Å². The highest BCUT2D eigenvalue weighted by atomic mass is 19.1. The number of nitrogens with zero attached hydrogens (tertiary/aromatic N) is 2. The van der Waals surface area contributed by atoms with Gasteiger partial charge in [-0.1, -0.05) is 25.1 Å². The lowest BCUT2D eigenvalue weighted by Gasteiger charge is -2.24. The van der Waals surface area contributed by atoms with Crippen LogP contribution in [0.25, 0.3) is 5.76 Å². The summed E-state index contributed by atoms with van der Waals surface area (Å²) in [5.41, 5.74) is 0.505. The standard InChI is InChI=1S/C27H27FN2O6/c1-15(2)11-12-35-20-10-7-18(14-21(20)34-4)24-23(25(31)17-5-8-19(28)9-6-17)26(32)27(33)30(24)22-13-16(3)36-29-22/h5-10,13-15,24,31H,11-12H2,1-4H3/b25-23+/t24-/m1/s1. The van der Waals surface area contributed by atoms with Crippen molar-refractivity contribution >= 4 is 23.3 Å². The Balaban J connectivity index is 1.84. The molecule has 9 heteroatoms. The van der Waals surface area contributed by atoms with E-state index in [0.29, 0.717) is 35.3 Å². The predicted molar refractivity (Wildman–Crippen MR) is 130 cm³/mol. The van der Waals surface area contributed by atoms with Gasteiger partial charge in [-0.3, -0.25) is 14.5 Å². The van der Waals surface area contributed by atoms with Crippen LogP contribution in [0.3, 0.4) is 0 Å². The summed E-state index contributed by atoms with van der Waals surface area (Å²) in [4.78, 5) is 27.5. The lowest BCUT2D eigenvalue weighted by atomic mass is 9.95. The molecule has 0 saturated carbocycles. The van der Waals surface area contributed by atoms with E-state index in [2.05, 4.69) is 19.0 Å². The number of hydrogen-bond acceptors (Lipinski definition) is 7. The molecule has 1 aliphatic rings. The number of hydrogen-bond donors (Lipinski definition) is 1. The summed E-state index contributed by atoms with van der Waals surface area (Å²) in [6.07, 6.45) is 0.855. The van der Waals surface area contributed by atoms with E-state index in [0.717, 1.165) is 18.6 Å². The van der Waals surface area contributed by atoms with E-state index in [1.807, 2.05) is 0 Å². The average Bonchev–Trinajstić information content (AvgIpc) is 3.39. The van der Waals surface area contributed by atoms with E-state index < -0.39 is 29.3 Å². The molecule has 0 bridgehead atoms. The molecule has 1 amide bonds. The highest BCUT2D eigenvalue weighted by molar-refractivity contribution is 6.51. The van der Waals surface area contributed by atoms with Crippen molar-refractivity contribution < 1.29 is 33.1 Å². The zero-order valence-electron chi connectivity index (χ0n) is 20.4. The van der Waals surface area contributed by atoms with Crippen LogP contribution in [-0.2, 0) is 9.59 Å². The minimum Gasteiger partial charge on any atom is -0.507 e. The van der Waals surface area contributed by atoms with Crippen molar-refractivity contribution in [2.45, 2.75) is 33.2 Å². The van der Waals surface area contributed by atoms with E-state index in [1.165, 1.54) is 30.2 Å². The summed E-state index contributed by atoms with van der Waals surface area (Å²) < 4.78 is 30.0. The molecule has 1 aromatic heterocycles. The summed E-state index contributed by atoms with van der Waals surface area (Å²) >= 11 is 0. The molecule has 1 aliphatic heterocycles. The van der Waals surface area contributed by atoms with Crippen molar-refractivity contribution in [1.29, 1.82) is 0 Å². The molecular weight excluding hydrogens is 467 g/mol. The van der Waals surface area contributed by atoms with Gasteiger partial charge < -0.3 is 19.1 Å². The molecule has 188 valence electrons. The number of carbonyl (C=O) groups is 2. The summed E-state index contributed by atoms with van der Waals surface area (Å²) in [5, 5.41) is 15.0. The molecule has 1 saturated heterocycles. The van der Waals surface area contributed by atoms with E-state index in [9.17, 15) is 19.1 Å². The Morgan fingerprint density at radius 2 is 1.86 bits per heavy atom. The maximum atomic E-state index is 13.5. The number of amides is 1. The molecule has 2 aromatic carbocycles. The highest BCUT2D eigenvalue weighted by Crippen LogP contribution is 2.44. The number of benzene rings is 2. The number of aromatic nitrogens is 1. The van der Waals surface area contributed by atoms with Gasteiger partial charge in [-0.05, 0) is 61.2 Å². The second kappa shape index (κ2) is 10.2. The van der Waals surface area contributed by atoms with Gasteiger partial charge in [0.1, 0.15) is 17.3 Å². The number of ketones is 1. The Morgan fingerprint density at radius 1 is 1.14 bits per heavy atom. The van der Waals surface area contributed by atoms with Gasteiger partial charge in [0.2, 0.25) is 0 Å². The summed E-state index contributed by atoms with van der Waals surface area (Å²) in [6, 6.07) is 10.5. The van der Waals surface area contributed by atoms with Crippen molar-refractivity contribution in [1.82, 2.24) is 5.16 Å². The SMILES string of the molecule is COc1cc([C@@H]2/C(=C(\O)c3ccc(F)cc3)C(=O)C(=O)N2c2cc(C)on2)ccc1OCCC(C)C. The van der Waals surface area contributed by atoms with Crippen LogP contribution in [0.2, 0.25) is 0 Å². The van der Waals surface area contributed by atoms with E-state index >= 15 is 0 Å². The van der Waals surface area contributed by atoms with Crippen LogP contribution in [-0.4, -0.2) is 35.7 Å². The molecule has 2 heterocycles. The van der Waals surface area contributed by atoms with Gasteiger partial charge in [0.25, 0.3) is 5.78 Å². The molecule has 1 atom stereocenters. The zero-order valence-corrected chi connectivity index (χ0v) is 20.4. The van der Waals surface area contributed by atoms with Crippen LogP contribution in [0.4, 0.5) is 10.2 Å². The zero-order chi connectivity index (χ0) is 26.0. The monoisotopic (exact) mass is 494 g/mol. The topological polar surface area (TPSA) is 102 Å². The highest BCUT2D eigenvalue weighted by Gasteiger charge is 2.48. The van der Waals surface area contributed by atoms with Crippen LogP contribution in [0.1, 0.15) is 43.2 Å². The second-order valence-corrected chi connectivity index (χ2v) is 8.91. The molecule has 0 radical (unpaired) electrons. The Morgan fingerprint density at radius 3 is 2.47 bits per heavy atom. The average molecular weight is 495 g/mol. The number of ether oxygens (including phenoxy) is 2. The van der Waals surface area contributed by atoms with Gasteiger partial charge in [-0.15, -0.1) is 0 Å². The molecule has 0 spiro atoms. The van der Waals surface area contributed by atoms with E-state index in [4.69, 9.17) is 14.0 Å². The second-order valence-electron chi connectivity index (χ2n) is 8.91. The van der Waals surface area contributed by atoms with E-state index in [-0.39, 0.29) is 17.0 Å². The fourth-order valence-corrected chi connectivity index (χ4v) is 3.99. The van der Waals surface area contributed by atoms with Crippen molar-refractivity contribution in [2.24, 2.45) is 5.92 Å². The quantitative estimate of drug-likeness (QED) is 0.261. The number of aliphatic hydroxyl groups is 1. The van der Waals surface area contributed by atoms with Crippen molar-refractivity contribution in [3.8, 4) is 11.5 Å². The first kappa shape index (κ1) is 25.0. The Bertz CT molecular complexity index is 1310. The van der Waals surface area contributed by atoms with Crippen LogP contribution in [0.15, 0.2) is 58.6 Å². The number of methoxy groups -OCH3 is 1. The summed E-state index contributed by atoms with van der Waals surface area (Å²) in [5.74, 6) is -0.782. The summed E-state index contributed by atoms with van der Waals surface area (Å²) in [7, 11) is 1.49. The first-order chi connectivity index (χ1) is 17.2. The van der Waals surface area contributed by atoms with Crippen LogP contribution in [0.5, 0.6) is 11.5 Å². The van der Waals surface area contributed by atoms with Crippen LogP contribution < -0.4 is 14.4 Å². The lowest BCUT2D eigenvalue weighted by molar-refractivity contribution is -0.132. The maximum absolute atomic E-state index is 13.5. The Kier molecular flexibility index (Phi) is 7.10. The number of aliphatic hydroxyl groups excluding tert-OH is 1. The first-order valence-electron chi connectivity index (χ1n) is 11.5. The fourth-order valence-electron chi connectivity index (χ4n) is 3.99. The predicted octanol–water partition coefficient (Wildman–Crippen LogP) is 5.18. The number of Topliss-reactive ketones (excluding diaryl/α,β-unsaturated/α-hetero) is 1. The van der Waals surface area contributed by atoms with Crippen molar-refractivity contribution in [3.05, 3.63) is 76.8 Å². The normalized spacial score (nSPS) is 17.2.